The molecule has 0 saturated carbocycles. The monoisotopic (exact) mass is 190 g/mol. The first-order valence-corrected chi connectivity index (χ1v) is 5.20. The van der Waals surface area contributed by atoms with Crippen molar-refractivity contribution in [2.45, 2.75) is 28.6 Å². The zero-order valence-corrected chi connectivity index (χ0v) is 7.65. The Hall–Kier alpha value is 0.170. The van der Waals surface area contributed by atoms with Gasteiger partial charge in [0, 0.05) is 15.7 Å². The van der Waals surface area contributed by atoms with E-state index in [4.69, 9.17) is 5.11 Å². The summed E-state index contributed by atoms with van der Waals surface area (Å²) < 4.78 is 0. The van der Waals surface area contributed by atoms with Crippen LogP contribution in [0.4, 0.5) is 0 Å². The van der Waals surface area contributed by atoms with Crippen LogP contribution in [0.3, 0.4) is 0 Å². The Morgan fingerprint density at radius 2 is 2.27 bits per heavy atom. The zero-order chi connectivity index (χ0) is 8.01. The van der Waals surface area contributed by atoms with E-state index in [-0.39, 0.29) is 11.2 Å². The van der Waals surface area contributed by atoms with Crippen molar-refractivity contribution >= 4 is 30.4 Å². The summed E-state index contributed by atoms with van der Waals surface area (Å²) in [7, 11) is 0. The van der Waals surface area contributed by atoms with Crippen LogP contribution in [0.2, 0.25) is 0 Å². The number of carboxylic acid groups (broad SMARTS) is 1. The van der Waals surface area contributed by atoms with Gasteiger partial charge in [-0.3, -0.25) is 4.79 Å². The molecule has 4 heteroatoms. The Balaban J connectivity index is 2.12. The highest BCUT2D eigenvalue weighted by Gasteiger charge is 2.48. The molecular weight excluding hydrogens is 180 g/mol. The van der Waals surface area contributed by atoms with Crippen molar-refractivity contribution in [3.8, 4) is 0 Å². The van der Waals surface area contributed by atoms with Crippen LogP contribution in [0.5, 0.6) is 0 Å². The van der Waals surface area contributed by atoms with Crippen LogP contribution in [-0.4, -0.2) is 26.8 Å². The second-order valence-electron chi connectivity index (χ2n) is 3.21. The van der Waals surface area contributed by atoms with Gasteiger partial charge in [-0.05, 0) is 12.8 Å². The van der Waals surface area contributed by atoms with Crippen LogP contribution < -0.4 is 0 Å². The van der Waals surface area contributed by atoms with Gasteiger partial charge in [0.15, 0.2) is 0 Å². The molecule has 0 aromatic rings. The first-order valence-electron chi connectivity index (χ1n) is 3.75. The third-order valence-electron chi connectivity index (χ3n) is 2.46. The molecule has 0 aromatic heterocycles. The SMILES string of the molecule is O=C(O)C1CC2CC(S)C1S2. The molecule has 2 heterocycles. The lowest BCUT2D eigenvalue weighted by atomic mass is 9.89. The van der Waals surface area contributed by atoms with Gasteiger partial charge in [0.2, 0.25) is 0 Å². The Kier molecular flexibility index (Phi) is 1.84. The van der Waals surface area contributed by atoms with E-state index in [0.29, 0.717) is 10.5 Å². The lowest BCUT2D eigenvalue weighted by Gasteiger charge is -2.20. The summed E-state index contributed by atoms with van der Waals surface area (Å²) in [5.74, 6) is -0.759. The smallest absolute Gasteiger partial charge is 0.307 e. The standard InChI is InChI=1S/C7H10O2S2/c8-7(9)4-1-3-2-5(10)6(4)11-3/h3-6,10H,1-2H2,(H,8,9). The van der Waals surface area contributed by atoms with Gasteiger partial charge in [0.1, 0.15) is 0 Å². The maximum Gasteiger partial charge on any atom is 0.307 e. The highest BCUT2D eigenvalue weighted by molar-refractivity contribution is 8.02. The zero-order valence-electron chi connectivity index (χ0n) is 5.93. The van der Waals surface area contributed by atoms with Gasteiger partial charge in [0.25, 0.3) is 0 Å². The summed E-state index contributed by atoms with van der Waals surface area (Å²) in [5, 5.41) is 9.98. The minimum atomic E-state index is -0.635. The van der Waals surface area contributed by atoms with Crippen molar-refractivity contribution in [2.75, 3.05) is 0 Å². The number of thiol groups is 1. The molecule has 1 N–H and O–H groups in total. The van der Waals surface area contributed by atoms with Gasteiger partial charge in [-0.1, -0.05) is 0 Å². The van der Waals surface area contributed by atoms with E-state index in [0.717, 1.165) is 12.8 Å². The summed E-state index contributed by atoms with van der Waals surface area (Å²) in [6.45, 7) is 0. The summed E-state index contributed by atoms with van der Waals surface area (Å²) in [5.41, 5.74) is 0. The molecule has 4 unspecified atom stereocenters. The van der Waals surface area contributed by atoms with Crippen LogP contribution in [-0.2, 0) is 4.79 Å². The molecule has 0 aliphatic carbocycles. The lowest BCUT2D eigenvalue weighted by Crippen LogP contribution is -2.31. The van der Waals surface area contributed by atoms with E-state index in [1.54, 1.807) is 0 Å². The highest BCUT2D eigenvalue weighted by atomic mass is 32.2. The van der Waals surface area contributed by atoms with Crippen molar-refractivity contribution in [2.24, 2.45) is 5.92 Å². The number of rotatable bonds is 1. The molecule has 0 aromatic carbocycles. The van der Waals surface area contributed by atoms with Gasteiger partial charge in [-0.25, -0.2) is 0 Å². The normalized spacial score (nSPS) is 48.1. The van der Waals surface area contributed by atoms with Crippen molar-refractivity contribution in [1.29, 1.82) is 0 Å². The Bertz CT molecular complexity index is 195. The molecule has 2 aliphatic rings. The minimum absolute atomic E-state index is 0.124. The molecule has 0 spiro atoms. The first kappa shape index (κ1) is 7.80. The predicted octanol–water partition coefficient (Wildman–Crippen LogP) is 1.26. The first-order chi connectivity index (χ1) is 5.18. The molecule has 2 fully saturated rings. The molecule has 2 rings (SSSR count). The van der Waals surface area contributed by atoms with Crippen LogP contribution in [0.1, 0.15) is 12.8 Å². The summed E-state index contributed by atoms with van der Waals surface area (Å²) in [6, 6.07) is 0. The lowest BCUT2D eigenvalue weighted by molar-refractivity contribution is -0.142. The number of carboxylic acids is 1. The fraction of sp³-hybridized carbons (Fsp3) is 0.857. The van der Waals surface area contributed by atoms with Crippen molar-refractivity contribution < 1.29 is 9.90 Å². The number of hydrogen-bond acceptors (Lipinski definition) is 3. The molecule has 62 valence electrons. The topological polar surface area (TPSA) is 37.3 Å². The second kappa shape index (κ2) is 2.59. The number of fused-ring (bicyclic) bond motifs is 2. The van der Waals surface area contributed by atoms with Crippen LogP contribution >= 0.6 is 24.4 Å². The van der Waals surface area contributed by atoms with Crippen molar-refractivity contribution in [3.05, 3.63) is 0 Å². The maximum absolute atomic E-state index is 10.7. The van der Waals surface area contributed by atoms with Gasteiger partial charge in [-0.15, -0.1) is 0 Å². The van der Waals surface area contributed by atoms with Gasteiger partial charge in [0.05, 0.1) is 5.92 Å². The van der Waals surface area contributed by atoms with E-state index in [1.807, 2.05) is 11.8 Å². The van der Waals surface area contributed by atoms with Gasteiger partial charge >= 0.3 is 5.97 Å². The van der Waals surface area contributed by atoms with Crippen molar-refractivity contribution in [3.63, 3.8) is 0 Å². The molecule has 11 heavy (non-hydrogen) atoms. The van der Waals surface area contributed by atoms with Crippen LogP contribution in [0.15, 0.2) is 0 Å². The summed E-state index contributed by atoms with van der Waals surface area (Å²) in [6.07, 6.45) is 1.96. The Morgan fingerprint density at radius 1 is 1.55 bits per heavy atom. The molecule has 2 saturated heterocycles. The average molecular weight is 190 g/mol. The largest absolute Gasteiger partial charge is 0.481 e. The third-order valence-corrected chi connectivity index (χ3v) is 4.94. The average Bonchev–Trinajstić information content (AvgIpc) is 2.43. The number of hydrogen-bond donors (Lipinski definition) is 2. The van der Waals surface area contributed by atoms with E-state index in [1.165, 1.54) is 0 Å². The molecule has 2 aliphatic heterocycles. The molecule has 4 atom stereocenters. The molecule has 2 nitrogen and oxygen atoms in total. The van der Waals surface area contributed by atoms with Crippen molar-refractivity contribution in [1.82, 2.24) is 0 Å². The van der Waals surface area contributed by atoms with Gasteiger partial charge in [-0.2, -0.15) is 24.4 Å². The molecular formula is C7H10O2S2. The molecule has 0 amide bonds. The van der Waals surface area contributed by atoms with Gasteiger partial charge < -0.3 is 5.11 Å². The molecule has 0 radical (unpaired) electrons. The fourth-order valence-corrected chi connectivity index (χ4v) is 4.55. The fourth-order valence-electron chi connectivity index (χ4n) is 1.95. The Labute approximate surface area is 75.2 Å². The quantitative estimate of drug-likeness (QED) is 0.611. The second-order valence-corrected chi connectivity index (χ2v) is 5.35. The number of thioether (sulfide) groups is 1. The van der Waals surface area contributed by atoms with E-state index >= 15 is 0 Å². The number of carbonyl (C=O) groups is 1. The van der Waals surface area contributed by atoms with E-state index in [2.05, 4.69) is 12.6 Å². The summed E-state index contributed by atoms with van der Waals surface area (Å²) >= 11 is 6.19. The third kappa shape index (κ3) is 1.16. The Morgan fingerprint density at radius 3 is 2.64 bits per heavy atom. The minimum Gasteiger partial charge on any atom is -0.481 e. The predicted molar refractivity (Wildman–Crippen MR) is 48.3 cm³/mol. The summed E-state index contributed by atoms with van der Waals surface area (Å²) in [4.78, 5) is 10.7. The number of aliphatic carboxylic acids is 1. The highest BCUT2D eigenvalue weighted by Crippen LogP contribution is 2.51. The molecule has 2 bridgehead atoms. The van der Waals surface area contributed by atoms with E-state index in [9.17, 15) is 4.79 Å². The maximum atomic E-state index is 10.7. The van der Waals surface area contributed by atoms with E-state index < -0.39 is 5.97 Å². The van der Waals surface area contributed by atoms with Crippen LogP contribution in [0, 0.1) is 5.92 Å². The van der Waals surface area contributed by atoms with Crippen LogP contribution in [0.25, 0.3) is 0 Å².